The van der Waals surface area contributed by atoms with Crippen LogP contribution in [0.5, 0.6) is 0 Å². The molecule has 0 radical (unpaired) electrons. The first-order valence-corrected chi connectivity index (χ1v) is 25.8. The van der Waals surface area contributed by atoms with E-state index in [-0.39, 0.29) is 0 Å². The summed E-state index contributed by atoms with van der Waals surface area (Å²) in [6, 6.07) is 103. The van der Waals surface area contributed by atoms with Gasteiger partial charge >= 0.3 is 0 Å². The average molecular weight is 895 g/mol. The van der Waals surface area contributed by atoms with Crippen LogP contribution in [0, 0.1) is 0 Å². The third-order valence-electron chi connectivity index (χ3n) is 14.3. The summed E-state index contributed by atoms with van der Waals surface area (Å²) in [4.78, 5) is 2.37. The average Bonchev–Trinajstić information content (AvgIpc) is 3.93. The van der Waals surface area contributed by atoms with E-state index in [0.717, 1.165) is 22.7 Å². The largest absolute Gasteiger partial charge is 0.311 e. The summed E-state index contributed by atoms with van der Waals surface area (Å²) in [5, 5.41) is 8.25. The maximum absolute atomic E-state index is 2.61. The first-order chi connectivity index (χ1) is 34.2. The fourth-order valence-electron chi connectivity index (χ4n) is 11.1. The minimum Gasteiger partial charge on any atom is -0.311 e. The summed E-state index contributed by atoms with van der Waals surface area (Å²) in [6.07, 6.45) is 0. The molecule has 0 atom stereocenters. The summed E-state index contributed by atoms with van der Waals surface area (Å²) in [6.45, 7) is 0. The summed E-state index contributed by atoms with van der Waals surface area (Å²) in [7, 11) is -2.61. The van der Waals surface area contributed by atoms with Crippen molar-refractivity contribution in [2.45, 2.75) is 0 Å². The second-order valence-electron chi connectivity index (χ2n) is 18.1. The van der Waals surface area contributed by atoms with E-state index in [1.165, 1.54) is 87.1 Å². The zero-order valence-corrected chi connectivity index (χ0v) is 39.0. The Morgan fingerprint density at radius 2 is 0.681 bits per heavy atom. The third-order valence-corrected chi connectivity index (χ3v) is 19.2. The van der Waals surface area contributed by atoms with E-state index < -0.39 is 8.07 Å². The van der Waals surface area contributed by atoms with Crippen molar-refractivity contribution in [3.05, 3.63) is 279 Å². The maximum atomic E-state index is 2.51. The van der Waals surface area contributed by atoms with Gasteiger partial charge in [0.15, 0.2) is 8.07 Å². The van der Waals surface area contributed by atoms with Crippen molar-refractivity contribution in [2.75, 3.05) is 4.90 Å². The van der Waals surface area contributed by atoms with E-state index in [2.05, 4.69) is 289 Å². The van der Waals surface area contributed by atoms with Crippen LogP contribution in [0.4, 0.5) is 17.1 Å². The lowest BCUT2D eigenvalue weighted by molar-refractivity contribution is 1.18. The monoisotopic (exact) mass is 894 g/mol. The minimum atomic E-state index is -2.61. The van der Waals surface area contributed by atoms with Gasteiger partial charge in [0.1, 0.15) is 0 Å². The van der Waals surface area contributed by atoms with Crippen LogP contribution in [0.15, 0.2) is 279 Å². The normalized spacial score (nSPS) is 12.5. The van der Waals surface area contributed by atoms with Gasteiger partial charge in [-0.15, -0.1) is 0 Å². The SMILES string of the molecule is c1ccc(-c2ccc(N(c3ccc(-c4cccc(-n5c6ccccc6c6ccccc65)c4)cc3)c3ccc(-c4ccc5c(c4)[Si](c4ccccc4)(c4ccccc4)c4ccccc4-5)cc3)cc2)cc1. The number of anilines is 3. The first kappa shape index (κ1) is 40.5. The molecule has 2 heterocycles. The molecule has 324 valence electrons. The molecule has 1 aliphatic rings. The van der Waals surface area contributed by atoms with Gasteiger partial charge in [0, 0.05) is 33.5 Å². The molecule has 0 bridgehead atoms. The molecular formula is C66H46N2Si. The van der Waals surface area contributed by atoms with Gasteiger partial charge in [0.25, 0.3) is 0 Å². The van der Waals surface area contributed by atoms with Gasteiger partial charge in [-0.1, -0.05) is 218 Å². The molecule has 0 saturated carbocycles. The summed E-state index contributed by atoms with van der Waals surface area (Å²) < 4.78 is 2.39. The van der Waals surface area contributed by atoms with Gasteiger partial charge < -0.3 is 9.47 Å². The van der Waals surface area contributed by atoms with Crippen molar-refractivity contribution < 1.29 is 0 Å². The van der Waals surface area contributed by atoms with E-state index in [0.29, 0.717) is 0 Å². The molecule has 13 rings (SSSR count). The molecular weight excluding hydrogens is 849 g/mol. The van der Waals surface area contributed by atoms with Crippen molar-refractivity contribution >= 4 is 67.7 Å². The lowest BCUT2D eigenvalue weighted by Gasteiger charge is -2.31. The highest BCUT2D eigenvalue weighted by Crippen LogP contribution is 2.39. The molecule has 2 nitrogen and oxygen atoms in total. The van der Waals surface area contributed by atoms with Gasteiger partial charge in [0.2, 0.25) is 0 Å². The Balaban J connectivity index is 0.885. The lowest BCUT2D eigenvalue weighted by atomic mass is 10.00. The Kier molecular flexibility index (Phi) is 9.88. The standard InChI is InChI=1S/C66H46N2Si/c1-4-17-47(18-5-1)48-31-38-53(39-32-48)67(54-40-33-49(34-41-54)51-19-16-20-56(45-51)68-63-28-13-10-25-59(63)60-26-11-14-29-64(60)68)55-42-35-50(36-43-55)52-37-44-62-61-27-12-15-30-65(61)69(66(62)46-52,57-21-6-2-7-22-57)58-23-8-3-9-24-58/h1-46H. The van der Waals surface area contributed by atoms with Crippen molar-refractivity contribution in [3.8, 4) is 50.2 Å². The number of fused-ring (bicyclic) bond motifs is 6. The summed E-state index contributed by atoms with van der Waals surface area (Å²) >= 11 is 0. The molecule has 0 unspecified atom stereocenters. The van der Waals surface area contributed by atoms with E-state index in [9.17, 15) is 0 Å². The van der Waals surface area contributed by atoms with Crippen LogP contribution in [0.25, 0.3) is 72.0 Å². The van der Waals surface area contributed by atoms with Gasteiger partial charge in [-0.3, -0.25) is 0 Å². The van der Waals surface area contributed by atoms with Crippen molar-refractivity contribution in [1.29, 1.82) is 0 Å². The number of rotatable bonds is 9. The van der Waals surface area contributed by atoms with Crippen LogP contribution in [0.3, 0.4) is 0 Å². The molecule has 0 amide bonds. The second kappa shape index (κ2) is 16.8. The number of benzene rings is 11. The molecule has 3 heteroatoms. The predicted octanol–water partition coefficient (Wildman–Crippen LogP) is 14.6. The highest BCUT2D eigenvalue weighted by Gasteiger charge is 2.48. The molecule has 0 aliphatic carbocycles. The van der Waals surface area contributed by atoms with E-state index >= 15 is 0 Å². The fourth-order valence-corrected chi connectivity index (χ4v) is 16.4. The van der Waals surface area contributed by atoms with Crippen molar-refractivity contribution in [2.24, 2.45) is 0 Å². The molecule has 0 spiro atoms. The highest BCUT2D eigenvalue weighted by atomic mass is 28.3. The Morgan fingerprint density at radius 1 is 0.275 bits per heavy atom. The third kappa shape index (κ3) is 6.78. The molecule has 69 heavy (non-hydrogen) atoms. The molecule has 0 N–H and O–H groups in total. The van der Waals surface area contributed by atoms with Crippen LogP contribution >= 0.6 is 0 Å². The van der Waals surface area contributed by atoms with Gasteiger partial charge in [-0.05, 0) is 126 Å². The van der Waals surface area contributed by atoms with E-state index in [1.54, 1.807) is 0 Å². The van der Waals surface area contributed by atoms with E-state index in [4.69, 9.17) is 0 Å². The number of hydrogen-bond acceptors (Lipinski definition) is 1. The first-order valence-electron chi connectivity index (χ1n) is 23.8. The topological polar surface area (TPSA) is 8.17 Å². The summed E-state index contributed by atoms with van der Waals surface area (Å²) in [5.74, 6) is 0. The number of nitrogens with zero attached hydrogens (tertiary/aromatic N) is 2. The second-order valence-corrected chi connectivity index (χ2v) is 21.8. The van der Waals surface area contributed by atoms with Crippen LogP contribution in [0.2, 0.25) is 0 Å². The molecule has 0 saturated heterocycles. The minimum absolute atomic E-state index is 1.09. The highest BCUT2D eigenvalue weighted by molar-refractivity contribution is 7.22. The number of hydrogen-bond donors (Lipinski definition) is 0. The van der Waals surface area contributed by atoms with Crippen LogP contribution in [-0.4, -0.2) is 12.6 Å². The van der Waals surface area contributed by atoms with Crippen LogP contribution < -0.4 is 25.6 Å². The maximum Gasteiger partial charge on any atom is 0.180 e. The smallest absolute Gasteiger partial charge is 0.180 e. The van der Waals surface area contributed by atoms with Crippen molar-refractivity contribution in [1.82, 2.24) is 4.57 Å². The quantitative estimate of drug-likeness (QED) is 0.131. The van der Waals surface area contributed by atoms with Gasteiger partial charge in [-0.2, -0.15) is 0 Å². The Labute approximate surface area is 404 Å². The molecule has 1 aliphatic heterocycles. The molecule has 12 aromatic rings. The number of para-hydroxylation sites is 2. The molecule has 0 fully saturated rings. The number of aromatic nitrogens is 1. The zero-order valence-electron chi connectivity index (χ0n) is 38.0. The van der Waals surface area contributed by atoms with Crippen LogP contribution in [0.1, 0.15) is 0 Å². The Hall–Kier alpha value is -8.76. The summed E-state index contributed by atoms with van der Waals surface area (Å²) in [5.41, 5.74) is 16.7. The Morgan fingerprint density at radius 3 is 1.25 bits per heavy atom. The van der Waals surface area contributed by atoms with Crippen molar-refractivity contribution in [3.63, 3.8) is 0 Å². The lowest BCUT2D eigenvalue weighted by Crippen LogP contribution is -2.72. The Bertz CT molecular complexity index is 3710. The predicted molar refractivity (Wildman–Crippen MR) is 294 cm³/mol. The van der Waals surface area contributed by atoms with Gasteiger partial charge in [0.05, 0.1) is 11.0 Å². The molecule has 11 aromatic carbocycles. The molecule has 1 aromatic heterocycles. The van der Waals surface area contributed by atoms with Crippen LogP contribution in [-0.2, 0) is 0 Å². The van der Waals surface area contributed by atoms with Gasteiger partial charge in [-0.25, -0.2) is 0 Å². The zero-order chi connectivity index (χ0) is 45.7. The fraction of sp³-hybridized carbons (Fsp3) is 0. The van der Waals surface area contributed by atoms with E-state index in [1.807, 2.05) is 0 Å².